The maximum Gasteiger partial charge on any atom is 0.308 e. The Hall–Kier alpha value is -0.530. The molecule has 1 rings (SSSR count). The summed E-state index contributed by atoms with van der Waals surface area (Å²) in [6.45, 7) is 9.84. The normalized spacial score (nSPS) is 22.4. The van der Waals surface area contributed by atoms with Crippen LogP contribution in [-0.2, 0) is 9.53 Å². The van der Waals surface area contributed by atoms with Gasteiger partial charge in [0.1, 0.15) is 0 Å². The van der Waals surface area contributed by atoms with E-state index in [0.29, 0.717) is 6.61 Å². The summed E-state index contributed by atoms with van der Waals surface area (Å²) in [5, 5.41) is 0. The van der Waals surface area contributed by atoms with E-state index in [1.807, 2.05) is 0 Å². The first-order valence-corrected chi connectivity index (χ1v) is 12.2. The quantitative estimate of drug-likeness (QED) is 0.212. The second-order valence-electron chi connectivity index (χ2n) is 9.70. The van der Waals surface area contributed by atoms with Crippen LogP contribution in [0, 0.1) is 17.3 Å². The largest absolute Gasteiger partial charge is 0.465 e. The molecule has 1 aliphatic rings. The van der Waals surface area contributed by atoms with Crippen molar-refractivity contribution in [1.82, 2.24) is 0 Å². The summed E-state index contributed by atoms with van der Waals surface area (Å²) in [4.78, 5) is 12.6. The molecule has 1 unspecified atom stereocenters. The molecule has 0 N–H and O–H groups in total. The highest BCUT2D eigenvalue weighted by Crippen LogP contribution is 2.34. The average molecular weight is 381 g/mol. The van der Waals surface area contributed by atoms with E-state index in [4.69, 9.17) is 4.74 Å². The highest BCUT2D eigenvalue weighted by Gasteiger charge is 2.29. The van der Waals surface area contributed by atoms with E-state index in [2.05, 4.69) is 27.7 Å². The molecule has 27 heavy (non-hydrogen) atoms. The Morgan fingerprint density at radius 1 is 0.815 bits per heavy atom. The molecular weight excluding hydrogens is 332 g/mol. The molecule has 0 spiro atoms. The summed E-state index contributed by atoms with van der Waals surface area (Å²) < 4.78 is 5.90. The number of hydrogen-bond donors (Lipinski definition) is 0. The first-order chi connectivity index (χ1) is 13.0. The molecule has 160 valence electrons. The molecule has 2 heteroatoms. The molecule has 0 heterocycles. The molecule has 0 aromatic carbocycles. The Morgan fingerprint density at radius 3 is 1.85 bits per heavy atom. The number of rotatable bonds is 15. The molecule has 1 aliphatic carbocycles. The Bertz CT molecular complexity index is 371. The molecule has 1 saturated carbocycles. The molecular formula is C25H48O2. The van der Waals surface area contributed by atoms with Gasteiger partial charge in [0.05, 0.1) is 12.5 Å². The zero-order valence-electron chi connectivity index (χ0n) is 19.0. The smallest absolute Gasteiger partial charge is 0.308 e. The molecule has 0 aliphatic heterocycles. The number of carbonyl (C=O) groups is 1. The molecule has 2 nitrogen and oxygen atoms in total. The molecule has 1 fully saturated rings. The van der Waals surface area contributed by atoms with Crippen molar-refractivity contribution in [2.45, 2.75) is 130 Å². The van der Waals surface area contributed by atoms with Gasteiger partial charge in [-0.25, -0.2) is 0 Å². The molecule has 0 aromatic rings. The monoisotopic (exact) mass is 380 g/mol. The first kappa shape index (κ1) is 24.5. The number of carbonyl (C=O) groups excluding carboxylic acids is 1. The van der Waals surface area contributed by atoms with E-state index < -0.39 is 0 Å². The molecule has 0 aromatic heterocycles. The SMILES string of the molecule is CCCCCCCCC(C)(CCCCCC)COC(=O)C1CCC(C)CC1. The van der Waals surface area contributed by atoms with Gasteiger partial charge in [-0.2, -0.15) is 0 Å². The van der Waals surface area contributed by atoms with Crippen molar-refractivity contribution < 1.29 is 9.53 Å². The molecule has 0 radical (unpaired) electrons. The number of ether oxygens (including phenoxy) is 1. The third-order valence-electron chi connectivity index (χ3n) is 6.68. The summed E-state index contributed by atoms with van der Waals surface area (Å²) in [6, 6.07) is 0. The van der Waals surface area contributed by atoms with E-state index in [1.54, 1.807) is 0 Å². The van der Waals surface area contributed by atoms with Crippen LogP contribution >= 0.6 is 0 Å². The third-order valence-corrected chi connectivity index (χ3v) is 6.68. The van der Waals surface area contributed by atoms with Gasteiger partial charge in [0.2, 0.25) is 0 Å². The van der Waals surface area contributed by atoms with E-state index in [1.165, 1.54) is 89.9 Å². The minimum Gasteiger partial charge on any atom is -0.465 e. The van der Waals surface area contributed by atoms with Crippen molar-refractivity contribution >= 4 is 5.97 Å². The second-order valence-corrected chi connectivity index (χ2v) is 9.70. The van der Waals surface area contributed by atoms with Gasteiger partial charge >= 0.3 is 5.97 Å². The molecule has 0 amide bonds. The van der Waals surface area contributed by atoms with Crippen molar-refractivity contribution in [3.05, 3.63) is 0 Å². The van der Waals surface area contributed by atoms with Crippen LogP contribution in [0.5, 0.6) is 0 Å². The van der Waals surface area contributed by atoms with Gasteiger partial charge in [-0.3, -0.25) is 4.79 Å². The highest BCUT2D eigenvalue weighted by molar-refractivity contribution is 5.72. The van der Waals surface area contributed by atoms with Crippen molar-refractivity contribution in [2.24, 2.45) is 17.3 Å². The van der Waals surface area contributed by atoms with Crippen LogP contribution in [0.15, 0.2) is 0 Å². The second kappa shape index (κ2) is 14.5. The van der Waals surface area contributed by atoms with Gasteiger partial charge in [0.25, 0.3) is 0 Å². The summed E-state index contributed by atoms with van der Waals surface area (Å²) in [5.41, 5.74) is 0.177. The number of esters is 1. The topological polar surface area (TPSA) is 26.3 Å². The van der Waals surface area contributed by atoms with E-state index in [9.17, 15) is 4.79 Å². The Labute approximate surface area is 170 Å². The lowest BCUT2D eigenvalue weighted by atomic mass is 9.80. The Kier molecular flexibility index (Phi) is 13.1. The minimum atomic E-state index is 0.0876. The van der Waals surface area contributed by atoms with Crippen LogP contribution < -0.4 is 0 Å². The van der Waals surface area contributed by atoms with Crippen LogP contribution in [0.1, 0.15) is 130 Å². The van der Waals surface area contributed by atoms with E-state index in [0.717, 1.165) is 18.8 Å². The molecule has 0 bridgehead atoms. The van der Waals surface area contributed by atoms with Crippen LogP contribution in [-0.4, -0.2) is 12.6 Å². The number of hydrogen-bond acceptors (Lipinski definition) is 2. The van der Waals surface area contributed by atoms with Gasteiger partial charge in [-0.1, -0.05) is 91.9 Å². The Morgan fingerprint density at radius 2 is 1.30 bits per heavy atom. The van der Waals surface area contributed by atoms with Crippen molar-refractivity contribution in [2.75, 3.05) is 6.61 Å². The van der Waals surface area contributed by atoms with Gasteiger partial charge in [0, 0.05) is 5.41 Å². The lowest BCUT2D eigenvalue weighted by Gasteiger charge is -2.31. The number of unbranched alkanes of at least 4 members (excludes halogenated alkanes) is 8. The van der Waals surface area contributed by atoms with Crippen LogP contribution in [0.25, 0.3) is 0 Å². The zero-order valence-corrected chi connectivity index (χ0v) is 19.0. The van der Waals surface area contributed by atoms with Crippen molar-refractivity contribution in [3.8, 4) is 0 Å². The summed E-state index contributed by atoms with van der Waals surface area (Å²) >= 11 is 0. The highest BCUT2D eigenvalue weighted by atomic mass is 16.5. The average Bonchev–Trinajstić information content (AvgIpc) is 2.67. The van der Waals surface area contributed by atoms with E-state index >= 15 is 0 Å². The van der Waals surface area contributed by atoms with Crippen LogP contribution in [0.4, 0.5) is 0 Å². The Balaban J connectivity index is 2.40. The minimum absolute atomic E-state index is 0.0876. The van der Waals surface area contributed by atoms with Crippen molar-refractivity contribution in [1.29, 1.82) is 0 Å². The van der Waals surface area contributed by atoms with Gasteiger partial charge in [-0.15, -0.1) is 0 Å². The fraction of sp³-hybridized carbons (Fsp3) is 0.960. The summed E-state index contributed by atoms with van der Waals surface area (Å²) in [7, 11) is 0. The molecule has 0 saturated heterocycles. The summed E-state index contributed by atoms with van der Waals surface area (Å²) in [5.74, 6) is 1.04. The van der Waals surface area contributed by atoms with Gasteiger partial charge in [-0.05, 0) is 44.4 Å². The molecule has 1 atom stereocenters. The fourth-order valence-corrected chi connectivity index (χ4v) is 4.44. The van der Waals surface area contributed by atoms with Crippen LogP contribution in [0.3, 0.4) is 0 Å². The van der Waals surface area contributed by atoms with Crippen LogP contribution in [0.2, 0.25) is 0 Å². The standard InChI is InChI=1S/C25H48O2/c1-5-7-9-11-12-14-20-25(4,19-13-10-8-6-2)21-27-24(26)23-17-15-22(3)16-18-23/h22-23H,5-21H2,1-4H3. The van der Waals surface area contributed by atoms with E-state index in [-0.39, 0.29) is 17.3 Å². The summed E-state index contributed by atoms with van der Waals surface area (Å²) in [6.07, 6.45) is 20.1. The zero-order chi connectivity index (χ0) is 20.0. The predicted molar refractivity (Wildman–Crippen MR) is 117 cm³/mol. The third kappa shape index (κ3) is 11.2. The predicted octanol–water partition coefficient (Wildman–Crippen LogP) is 8.08. The lowest BCUT2D eigenvalue weighted by Crippen LogP contribution is -2.29. The maximum atomic E-state index is 12.6. The maximum absolute atomic E-state index is 12.6. The van der Waals surface area contributed by atoms with Crippen molar-refractivity contribution in [3.63, 3.8) is 0 Å². The first-order valence-electron chi connectivity index (χ1n) is 12.2. The fourth-order valence-electron chi connectivity index (χ4n) is 4.44. The lowest BCUT2D eigenvalue weighted by molar-refractivity contribution is -0.153. The van der Waals surface area contributed by atoms with Gasteiger partial charge in [0.15, 0.2) is 0 Å². The van der Waals surface area contributed by atoms with Gasteiger partial charge < -0.3 is 4.74 Å².